The van der Waals surface area contributed by atoms with Crippen molar-refractivity contribution in [3.8, 4) is 0 Å². The van der Waals surface area contributed by atoms with Crippen molar-refractivity contribution in [2.24, 2.45) is 11.8 Å². The first-order chi connectivity index (χ1) is 11.2. The molecule has 1 amide bonds. The van der Waals surface area contributed by atoms with Crippen LogP contribution in [-0.4, -0.2) is 43.5 Å². The number of halogens is 2. The highest BCUT2D eigenvalue weighted by atomic mass is 35.5. The van der Waals surface area contributed by atoms with E-state index in [1.807, 2.05) is 0 Å². The second kappa shape index (κ2) is 9.35. The maximum atomic E-state index is 12.9. The minimum absolute atomic E-state index is 0. The summed E-state index contributed by atoms with van der Waals surface area (Å²) >= 11 is 0. The summed E-state index contributed by atoms with van der Waals surface area (Å²) in [4.78, 5) is 14.8. The van der Waals surface area contributed by atoms with Crippen LogP contribution < -0.4 is 10.6 Å². The molecule has 1 unspecified atom stereocenters. The number of benzene rings is 1. The van der Waals surface area contributed by atoms with Crippen molar-refractivity contribution in [2.75, 3.05) is 38.0 Å². The zero-order valence-corrected chi connectivity index (χ0v) is 14.8. The highest BCUT2D eigenvalue weighted by Gasteiger charge is 2.26. The number of hydrogen-bond acceptors (Lipinski definition) is 3. The summed E-state index contributed by atoms with van der Waals surface area (Å²) in [6.45, 7) is 5.43. The van der Waals surface area contributed by atoms with Crippen molar-refractivity contribution in [3.63, 3.8) is 0 Å². The highest BCUT2D eigenvalue weighted by molar-refractivity contribution is 5.92. The van der Waals surface area contributed by atoms with Crippen LogP contribution in [0.1, 0.15) is 25.7 Å². The Bertz CT molecular complexity index is 512. The molecule has 6 heteroatoms. The van der Waals surface area contributed by atoms with Gasteiger partial charge < -0.3 is 15.5 Å². The van der Waals surface area contributed by atoms with Crippen molar-refractivity contribution in [3.05, 3.63) is 30.1 Å². The summed E-state index contributed by atoms with van der Waals surface area (Å²) < 4.78 is 12.9. The molecule has 1 aromatic rings. The molecular formula is C18H27ClFN3O. The summed E-state index contributed by atoms with van der Waals surface area (Å²) in [7, 11) is 0. The largest absolute Gasteiger partial charge is 0.326 e. The zero-order valence-electron chi connectivity index (χ0n) is 14.0. The Morgan fingerprint density at radius 1 is 1.21 bits per heavy atom. The molecule has 2 aliphatic heterocycles. The van der Waals surface area contributed by atoms with E-state index in [4.69, 9.17) is 0 Å². The van der Waals surface area contributed by atoms with Crippen LogP contribution in [0.15, 0.2) is 24.3 Å². The third-order valence-electron chi connectivity index (χ3n) is 4.99. The highest BCUT2D eigenvalue weighted by Crippen LogP contribution is 2.21. The SMILES string of the molecule is Cl.O=C(Nc1ccc(F)cc1)C1CCN(CC2CCCNC2)CC1. The van der Waals surface area contributed by atoms with Gasteiger partial charge in [-0.3, -0.25) is 4.79 Å². The molecule has 134 valence electrons. The third-order valence-corrected chi connectivity index (χ3v) is 4.99. The van der Waals surface area contributed by atoms with Gasteiger partial charge in [-0.15, -0.1) is 12.4 Å². The molecule has 1 aromatic carbocycles. The van der Waals surface area contributed by atoms with E-state index < -0.39 is 0 Å². The topological polar surface area (TPSA) is 44.4 Å². The summed E-state index contributed by atoms with van der Waals surface area (Å²) in [5.74, 6) is 0.609. The van der Waals surface area contributed by atoms with Crippen molar-refractivity contribution in [1.29, 1.82) is 0 Å². The van der Waals surface area contributed by atoms with Gasteiger partial charge in [-0.05, 0) is 82.0 Å². The average Bonchev–Trinajstić information content (AvgIpc) is 2.58. The number of nitrogens with zero attached hydrogens (tertiary/aromatic N) is 1. The van der Waals surface area contributed by atoms with Gasteiger partial charge in [-0.1, -0.05) is 0 Å². The molecule has 3 rings (SSSR count). The number of amides is 1. The smallest absolute Gasteiger partial charge is 0.227 e. The summed E-state index contributed by atoms with van der Waals surface area (Å²) in [5.41, 5.74) is 0.673. The van der Waals surface area contributed by atoms with Gasteiger partial charge in [-0.25, -0.2) is 4.39 Å². The van der Waals surface area contributed by atoms with Gasteiger partial charge >= 0.3 is 0 Å². The average molecular weight is 356 g/mol. The third kappa shape index (κ3) is 5.43. The predicted molar refractivity (Wildman–Crippen MR) is 97.0 cm³/mol. The normalized spacial score (nSPS) is 22.6. The first-order valence-corrected chi connectivity index (χ1v) is 8.70. The molecule has 0 saturated carbocycles. The number of hydrogen-bond donors (Lipinski definition) is 2. The van der Waals surface area contributed by atoms with Gasteiger partial charge in [0.15, 0.2) is 0 Å². The van der Waals surface area contributed by atoms with E-state index in [2.05, 4.69) is 15.5 Å². The number of nitrogens with one attached hydrogen (secondary N) is 2. The number of anilines is 1. The molecule has 2 aliphatic rings. The Morgan fingerprint density at radius 3 is 2.54 bits per heavy atom. The lowest BCUT2D eigenvalue weighted by molar-refractivity contribution is -0.121. The molecule has 2 saturated heterocycles. The van der Waals surface area contributed by atoms with Crippen molar-refractivity contribution in [2.45, 2.75) is 25.7 Å². The fourth-order valence-electron chi connectivity index (χ4n) is 3.60. The van der Waals surface area contributed by atoms with E-state index in [9.17, 15) is 9.18 Å². The number of rotatable bonds is 4. The van der Waals surface area contributed by atoms with Crippen LogP contribution >= 0.6 is 12.4 Å². The van der Waals surface area contributed by atoms with Gasteiger partial charge in [0.1, 0.15) is 5.82 Å². The molecule has 0 spiro atoms. The first kappa shape index (κ1) is 19.2. The van der Waals surface area contributed by atoms with Crippen LogP contribution in [0.4, 0.5) is 10.1 Å². The van der Waals surface area contributed by atoms with E-state index in [1.54, 1.807) is 12.1 Å². The molecule has 1 atom stereocenters. The Labute approximate surface area is 149 Å². The van der Waals surface area contributed by atoms with Gasteiger partial charge in [-0.2, -0.15) is 0 Å². The zero-order chi connectivity index (χ0) is 16.1. The van der Waals surface area contributed by atoms with Gasteiger partial charge in [0.05, 0.1) is 0 Å². The van der Waals surface area contributed by atoms with Crippen molar-refractivity contribution in [1.82, 2.24) is 10.2 Å². The molecule has 4 nitrogen and oxygen atoms in total. The minimum atomic E-state index is -0.284. The molecular weight excluding hydrogens is 329 g/mol. The lowest BCUT2D eigenvalue weighted by Crippen LogP contribution is -2.43. The maximum Gasteiger partial charge on any atom is 0.227 e. The number of carbonyl (C=O) groups is 1. The van der Waals surface area contributed by atoms with Crippen LogP contribution in [0.5, 0.6) is 0 Å². The van der Waals surface area contributed by atoms with Gasteiger partial charge in [0, 0.05) is 18.2 Å². The summed E-state index contributed by atoms with van der Waals surface area (Å²) in [5, 5.41) is 6.37. The summed E-state index contributed by atoms with van der Waals surface area (Å²) in [6, 6.07) is 5.96. The molecule has 24 heavy (non-hydrogen) atoms. The molecule has 2 heterocycles. The lowest BCUT2D eigenvalue weighted by Gasteiger charge is -2.35. The first-order valence-electron chi connectivity index (χ1n) is 8.70. The molecule has 0 radical (unpaired) electrons. The van der Waals surface area contributed by atoms with E-state index in [-0.39, 0.29) is 30.0 Å². The molecule has 0 aromatic heterocycles. The minimum Gasteiger partial charge on any atom is -0.326 e. The monoisotopic (exact) mass is 355 g/mol. The second-order valence-electron chi connectivity index (χ2n) is 6.78. The van der Waals surface area contributed by atoms with E-state index in [0.717, 1.165) is 51.5 Å². The van der Waals surface area contributed by atoms with E-state index in [1.165, 1.54) is 25.0 Å². The standard InChI is InChI=1S/C18H26FN3O.ClH/c19-16-3-5-17(6-4-16)21-18(23)15-7-10-22(11-8-15)13-14-2-1-9-20-12-14;/h3-6,14-15,20H,1-2,7-13H2,(H,21,23);1H. The van der Waals surface area contributed by atoms with Crippen LogP contribution in [0.25, 0.3) is 0 Å². The Kier molecular flexibility index (Phi) is 7.46. The molecule has 0 bridgehead atoms. The number of likely N-dealkylation sites (tertiary alicyclic amines) is 1. The second-order valence-corrected chi connectivity index (χ2v) is 6.78. The number of piperidine rings is 2. The van der Waals surface area contributed by atoms with Crippen LogP contribution in [0, 0.1) is 17.7 Å². The van der Waals surface area contributed by atoms with E-state index >= 15 is 0 Å². The van der Waals surface area contributed by atoms with Crippen molar-refractivity contribution >= 4 is 24.0 Å². The Hall–Kier alpha value is -1.17. The maximum absolute atomic E-state index is 12.9. The van der Waals surface area contributed by atoms with Gasteiger partial charge in [0.25, 0.3) is 0 Å². The molecule has 0 aliphatic carbocycles. The van der Waals surface area contributed by atoms with Gasteiger partial charge in [0.2, 0.25) is 5.91 Å². The lowest BCUT2D eigenvalue weighted by atomic mass is 9.93. The van der Waals surface area contributed by atoms with Crippen LogP contribution in [-0.2, 0) is 4.79 Å². The molecule has 2 fully saturated rings. The van der Waals surface area contributed by atoms with Crippen LogP contribution in [0.3, 0.4) is 0 Å². The Balaban J connectivity index is 0.00000208. The fourth-order valence-corrected chi connectivity index (χ4v) is 3.60. The fraction of sp³-hybridized carbons (Fsp3) is 0.611. The van der Waals surface area contributed by atoms with Crippen LogP contribution in [0.2, 0.25) is 0 Å². The quantitative estimate of drug-likeness (QED) is 0.872. The van der Waals surface area contributed by atoms with E-state index in [0.29, 0.717) is 5.69 Å². The predicted octanol–water partition coefficient (Wildman–Crippen LogP) is 2.90. The Morgan fingerprint density at radius 2 is 1.92 bits per heavy atom. The molecule has 2 N–H and O–H groups in total. The summed E-state index contributed by atoms with van der Waals surface area (Å²) in [6.07, 6.45) is 4.42. The van der Waals surface area contributed by atoms with Crippen molar-refractivity contribution < 1.29 is 9.18 Å². The number of carbonyl (C=O) groups excluding carboxylic acids is 1.